The van der Waals surface area contributed by atoms with E-state index in [1.165, 1.54) is 23.5 Å². The highest BCUT2D eigenvalue weighted by Gasteiger charge is 2.24. The van der Waals surface area contributed by atoms with Crippen LogP contribution >= 0.6 is 0 Å². The molecule has 7 heteroatoms. The summed E-state index contributed by atoms with van der Waals surface area (Å²) in [6, 6.07) is 10.0. The average Bonchev–Trinajstić information content (AvgIpc) is 2.81. The fraction of sp³-hybridized carbons (Fsp3) is 0.320. The van der Waals surface area contributed by atoms with Gasteiger partial charge in [-0.25, -0.2) is 9.97 Å². The number of piperidine rings is 1. The van der Waals surface area contributed by atoms with Crippen LogP contribution in [-0.2, 0) is 4.79 Å². The summed E-state index contributed by atoms with van der Waals surface area (Å²) < 4.78 is 11.9. The first kappa shape index (κ1) is 21.6. The molecule has 1 aliphatic rings. The van der Waals surface area contributed by atoms with Crippen molar-refractivity contribution in [2.24, 2.45) is 0 Å². The molecule has 4 rings (SSSR count). The molecule has 166 valence electrons. The largest absolute Gasteiger partial charge is 0.493 e. The fourth-order valence-corrected chi connectivity index (χ4v) is 3.87. The second kappa shape index (κ2) is 9.26. The van der Waals surface area contributed by atoms with Crippen molar-refractivity contribution < 1.29 is 14.3 Å². The fourth-order valence-electron chi connectivity index (χ4n) is 3.87. The van der Waals surface area contributed by atoms with Gasteiger partial charge in [0, 0.05) is 43.1 Å². The number of nitrogens with one attached hydrogen (secondary N) is 1. The third-order valence-electron chi connectivity index (χ3n) is 5.91. The molecule has 32 heavy (non-hydrogen) atoms. The zero-order valence-electron chi connectivity index (χ0n) is 18.7. The normalized spacial score (nSPS) is 14.3. The Morgan fingerprint density at radius 1 is 1.12 bits per heavy atom. The summed E-state index contributed by atoms with van der Waals surface area (Å²) in [7, 11) is 1.62. The van der Waals surface area contributed by atoms with Crippen LogP contribution in [0.5, 0.6) is 11.5 Å². The zero-order valence-corrected chi connectivity index (χ0v) is 18.7. The molecule has 0 bridgehead atoms. The molecular formula is C25H28N4O3. The van der Waals surface area contributed by atoms with Crippen LogP contribution in [0.2, 0.25) is 0 Å². The molecule has 2 heterocycles. The van der Waals surface area contributed by atoms with Crippen molar-refractivity contribution in [1.29, 1.82) is 0 Å². The number of hydrogen-bond acceptors (Lipinski definition) is 6. The Morgan fingerprint density at radius 3 is 2.59 bits per heavy atom. The monoisotopic (exact) mass is 432 g/mol. The van der Waals surface area contributed by atoms with Gasteiger partial charge in [0.05, 0.1) is 12.6 Å². The van der Waals surface area contributed by atoms with Crippen molar-refractivity contribution in [2.45, 2.75) is 32.8 Å². The van der Waals surface area contributed by atoms with E-state index in [0.717, 1.165) is 29.4 Å². The summed E-state index contributed by atoms with van der Waals surface area (Å²) >= 11 is 0. The van der Waals surface area contributed by atoms with Crippen LogP contribution in [-0.4, -0.2) is 47.1 Å². The van der Waals surface area contributed by atoms with Gasteiger partial charge in [-0.3, -0.25) is 4.79 Å². The Kier molecular flexibility index (Phi) is 6.25. The lowest BCUT2D eigenvalue weighted by molar-refractivity contribution is -0.127. The molecular weight excluding hydrogens is 404 g/mol. The third kappa shape index (κ3) is 4.51. The molecule has 0 unspecified atom stereocenters. The lowest BCUT2D eigenvalue weighted by Crippen LogP contribution is -2.41. The number of aryl methyl sites for hydroxylation is 2. The van der Waals surface area contributed by atoms with Crippen LogP contribution in [0, 0.1) is 13.8 Å². The number of carbonyl (C=O) groups is 1. The van der Waals surface area contributed by atoms with Crippen LogP contribution < -0.4 is 14.8 Å². The van der Waals surface area contributed by atoms with Crippen molar-refractivity contribution in [3.05, 3.63) is 60.4 Å². The van der Waals surface area contributed by atoms with E-state index in [0.29, 0.717) is 30.4 Å². The number of amides is 1. The number of rotatable bonds is 6. The van der Waals surface area contributed by atoms with E-state index < -0.39 is 0 Å². The van der Waals surface area contributed by atoms with Gasteiger partial charge < -0.3 is 19.7 Å². The molecule has 1 aliphatic heterocycles. The van der Waals surface area contributed by atoms with Gasteiger partial charge >= 0.3 is 0 Å². The Balaban J connectivity index is 1.60. The van der Waals surface area contributed by atoms with Gasteiger partial charge in [-0.2, -0.15) is 0 Å². The van der Waals surface area contributed by atoms with E-state index in [9.17, 15) is 4.79 Å². The highest BCUT2D eigenvalue weighted by molar-refractivity contribution is 5.93. The van der Waals surface area contributed by atoms with Crippen LogP contribution in [0.25, 0.3) is 10.9 Å². The van der Waals surface area contributed by atoms with Gasteiger partial charge in [-0.05, 0) is 49.2 Å². The number of aromatic nitrogens is 2. The predicted molar refractivity (Wildman–Crippen MR) is 126 cm³/mol. The molecule has 0 radical (unpaired) electrons. The molecule has 2 aromatic carbocycles. The molecule has 0 spiro atoms. The molecule has 1 saturated heterocycles. The quantitative estimate of drug-likeness (QED) is 0.576. The second-order valence-electron chi connectivity index (χ2n) is 8.01. The molecule has 1 fully saturated rings. The lowest BCUT2D eigenvalue weighted by Gasteiger charge is -2.31. The molecule has 3 aromatic rings. The van der Waals surface area contributed by atoms with Crippen LogP contribution in [0.1, 0.15) is 24.0 Å². The van der Waals surface area contributed by atoms with E-state index >= 15 is 0 Å². The first-order chi connectivity index (χ1) is 15.5. The van der Waals surface area contributed by atoms with Gasteiger partial charge in [0.1, 0.15) is 18.2 Å². The maximum Gasteiger partial charge on any atom is 0.245 e. The third-order valence-corrected chi connectivity index (χ3v) is 5.91. The number of fused-ring (bicyclic) bond motifs is 1. The predicted octanol–water partition coefficient (Wildman–Crippen LogP) is 4.55. The first-order valence-electron chi connectivity index (χ1n) is 10.7. The van der Waals surface area contributed by atoms with Crippen LogP contribution in [0.4, 0.5) is 11.5 Å². The van der Waals surface area contributed by atoms with Crippen molar-refractivity contribution in [1.82, 2.24) is 14.9 Å². The summed E-state index contributed by atoms with van der Waals surface area (Å²) in [5, 5.41) is 4.25. The minimum Gasteiger partial charge on any atom is -0.493 e. The Bertz CT molecular complexity index is 1150. The van der Waals surface area contributed by atoms with Crippen LogP contribution in [0.15, 0.2) is 49.3 Å². The highest BCUT2D eigenvalue weighted by Crippen LogP contribution is 2.36. The average molecular weight is 433 g/mol. The molecule has 0 atom stereocenters. The highest BCUT2D eigenvalue weighted by atomic mass is 16.5. The van der Waals surface area contributed by atoms with Gasteiger partial charge in [-0.1, -0.05) is 12.6 Å². The van der Waals surface area contributed by atoms with Crippen molar-refractivity contribution in [3.63, 3.8) is 0 Å². The lowest BCUT2D eigenvalue weighted by atomic mass is 10.1. The number of ether oxygens (including phenoxy) is 2. The van der Waals surface area contributed by atoms with E-state index in [4.69, 9.17) is 9.47 Å². The molecule has 0 aliphatic carbocycles. The standard InChI is InChI=1S/C25H28N4O3/c1-5-24(30)29-10-8-19(9-11-29)32-23-13-20-21(14-22(23)31-4)26-15-27-25(20)28-18-7-6-16(2)17(3)12-18/h5-7,12-15,19H,1,8-11H2,2-4H3,(H,26,27,28). The Labute approximate surface area is 188 Å². The van der Waals surface area contributed by atoms with Crippen molar-refractivity contribution in [3.8, 4) is 11.5 Å². The van der Waals surface area contributed by atoms with E-state index in [1.54, 1.807) is 12.0 Å². The van der Waals surface area contributed by atoms with E-state index in [1.807, 2.05) is 18.2 Å². The maximum atomic E-state index is 11.8. The number of nitrogens with zero attached hydrogens (tertiary/aromatic N) is 3. The topological polar surface area (TPSA) is 76.6 Å². The second-order valence-corrected chi connectivity index (χ2v) is 8.01. The summed E-state index contributed by atoms with van der Waals surface area (Å²) in [5.74, 6) is 1.94. The van der Waals surface area contributed by atoms with Crippen LogP contribution in [0.3, 0.4) is 0 Å². The Morgan fingerprint density at radius 2 is 1.91 bits per heavy atom. The summed E-state index contributed by atoms with van der Waals surface area (Å²) in [6.45, 7) is 9.04. The number of benzene rings is 2. The van der Waals surface area contributed by atoms with E-state index in [-0.39, 0.29) is 12.0 Å². The number of hydrogen-bond donors (Lipinski definition) is 1. The molecule has 0 saturated carbocycles. The number of methoxy groups -OCH3 is 1. The van der Waals surface area contributed by atoms with E-state index in [2.05, 4.69) is 47.8 Å². The zero-order chi connectivity index (χ0) is 22.7. The van der Waals surface area contributed by atoms with Crippen molar-refractivity contribution in [2.75, 3.05) is 25.5 Å². The summed E-state index contributed by atoms with van der Waals surface area (Å²) in [5.41, 5.74) is 4.18. The minimum atomic E-state index is -0.0362. The first-order valence-corrected chi connectivity index (χ1v) is 10.7. The number of carbonyl (C=O) groups excluding carboxylic acids is 1. The van der Waals surface area contributed by atoms with Gasteiger partial charge in [-0.15, -0.1) is 0 Å². The summed E-state index contributed by atoms with van der Waals surface area (Å²) in [4.78, 5) is 22.5. The number of anilines is 2. The van der Waals surface area contributed by atoms with Crippen molar-refractivity contribution >= 4 is 28.3 Å². The van der Waals surface area contributed by atoms with Gasteiger partial charge in [0.15, 0.2) is 11.5 Å². The molecule has 1 N–H and O–H groups in total. The smallest absolute Gasteiger partial charge is 0.245 e. The van der Waals surface area contributed by atoms with Gasteiger partial charge in [0.25, 0.3) is 0 Å². The SMILES string of the molecule is C=CC(=O)N1CCC(Oc2cc3c(Nc4ccc(C)c(C)c4)ncnc3cc2OC)CC1. The van der Waals surface area contributed by atoms with Gasteiger partial charge in [0.2, 0.25) is 5.91 Å². The Hall–Kier alpha value is -3.61. The summed E-state index contributed by atoms with van der Waals surface area (Å²) in [6.07, 6.45) is 4.39. The maximum absolute atomic E-state index is 11.8. The molecule has 1 aromatic heterocycles. The number of likely N-dealkylation sites (tertiary alicyclic amines) is 1. The molecule has 7 nitrogen and oxygen atoms in total. The molecule has 1 amide bonds. The minimum absolute atomic E-state index is 0.00370.